The van der Waals surface area contributed by atoms with Gasteiger partial charge >= 0.3 is 5.97 Å². The van der Waals surface area contributed by atoms with E-state index in [2.05, 4.69) is 21.8 Å². The van der Waals surface area contributed by atoms with Crippen LogP contribution in [-0.4, -0.2) is 74.9 Å². The topological polar surface area (TPSA) is 145 Å². The molecule has 10 nitrogen and oxygen atoms in total. The molecule has 1 aliphatic heterocycles. The second-order valence-corrected chi connectivity index (χ2v) is 8.71. The number of aromatic nitrogens is 3. The van der Waals surface area contributed by atoms with Crippen LogP contribution in [0.25, 0.3) is 5.52 Å². The van der Waals surface area contributed by atoms with Crippen molar-refractivity contribution in [2.24, 2.45) is 10.9 Å². The summed E-state index contributed by atoms with van der Waals surface area (Å²) >= 11 is 0. The fourth-order valence-corrected chi connectivity index (χ4v) is 4.66. The third-order valence-electron chi connectivity index (χ3n) is 6.51. The van der Waals surface area contributed by atoms with E-state index in [9.17, 15) is 23.8 Å². The average Bonchev–Trinajstić information content (AvgIpc) is 3.31. The number of alkyl halides is 2. The van der Waals surface area contributed by atoms with E-state index < -0.39 is 35.8 Å². The highest BCUT2D eigenvalue weighted by molar-refractivity contribution is 5.69. The van der Waals surface area contributed by atoms with E-state index in [1.54, 1.807) is 12.1 Å². The van der Waals surface area contributed by atoms with Gasteiger partial charge in [0, 0.05) is 19.3 Å². The van der Waals surface area contributed by atoms with Gasteiger partial charge in [0.1, 0.15) is 36.8 Å². The van der Waals surface area contributed by atoms with Gasteiger partial charge in [-0.25, -0.2) is 18.3 Å². The maximum atomic E-state index is 13.3. The summed E-state index contributed by atoms with van der Waals surface area (Å²) in [6.07, 6.45) is -2.58. The van der Waals surface area contributed by atoms with Gasteiger partial charge in [0.05, 0.1) is 12.2 Å². The number of ether oxygens (including phenoxy) is 2. The molecule has 0 spiro atoms. The molecule has 0 bridgehead atoms. The van der Waals surface area contributed by atoms with Crippen LogP contribution in [0.15, 0.2) is 23.5 Å². The lowest BCUT2D eigenvalue weighted by molar-refractivity contribution is -0.154. The average molecular weight is 467 g/mol. The zero-order chi connectivity index (χ0) is 23.8. The van der Waals surface area contributed by atoms with Crippen molar-refractivity contribution in [2.75, 3.05) is 18.9 Å². The highest BCUT2D eigenvalue weighted by atomic mass is 19.3. The zero-order valence-electron chi connectivity index (χ0n) is 17.9. The molecule has 33 heavy (non-hydrogen) atoms. The van der Waals surface area contributed by atoms with Crippen LogP contribution < -0.4 is 5.73 Å². The summed E-state index contributed by atoms with van der Waals surface area (Å²) in [5.41, 5.74) is 5.23. The molecule has 2 aromatic rings. The van der Waals surface area contributed by atoms with Gasteiger partial charge in [-0.15, -0.1) is 0 Å². The van der Waals surface area contributed by atoms with Gasteiger partial charge in [-0.2, -0.15) is 5.10 Å². The molecule has 2 aliphatic rings. The molecule has 4 rings (SSSR count). The smallest absolute Gasteiger partial charge is 0.306 e. The first kappa shape index (κ1) is 23.5. The molecule has 2 aromatic heterocycles. The Labute approximate surface area is 188 Å². The molecule has 1 saturated carbocycles. The molecular weight excluding hydrogens is 440 g/mol. The normalized spacial score (nSPS) is 29.9. The van der Waals surface area contributed by atoms with Gasteiger partial charge in [-0.3, -0.25) is 9.79 Å². The van der Waals surface area contributed by atoms with E-state index in [0.29, 0.717) is 11.2 Å². The fraction of sp³-hybridized carbons (Fsp3) is 0.619. The molecule has 0 unspecified atom stereocenters. The molecule has 0 aromatic carbocycles. The first-order chi connectivity index (χ1) is 15.7. The number of rotatable bonds is 7. The Morgan fingerprint density at radius 1 is 1.36 bits per heavy atom. The van der Waals surface area contributed by atoms with E-state index in [-0.39, 0.29) is 57.0 Å². The number of aliphatic imine (C=N–C) groups is 1. The number of nitrogens with two attached hydrogens (primary N) is 1. The number of nitrogens with zero attached hydrogens (tertiary/aromatic N) is 4. The number of aliphatic hydroxyl groups excluding tert-OH is 2. The minimum Gasteiger partial charge on any atom is -0.463 e. The zero-order valence-corrected chi connectivity index (χ0v) is 17.9. The summed E-state index contributed by atoms with van der Waals surface area (Å²) in [5.74, 6) is -3.18. The summed E-state index contributed by atoms with van der Waals surface area (Å²) in [6.45, 7) is 3.05. The highest BCUT2D eigenvalue weighted by Gasteiger charge is 2.57. The van der Waals surface area contributed by atoms with Crippen molar-refractivity contribution in [3.63, 3.8) is 0 Å². The first-order valence-corrected chi connectivity index (χ1v) is 10.8. The van der Waals surface area contributed by atoms with Crippen LogP contribution in [0.4, 0.5) is 14.6 Å². The molecule has 180 valence electrons. The summed E-state index contributed by atoms with van der Waals surface area (Å²) in [7, 11) is 0. The summed E-state index contributed by atoms with van der Waals surface area (Å²) in [4.78, 5) is 20.1. The SMILES string of the molecule is C=NC[C@@]1(c2ccc3c(N)ncnn23)O[C@H](COC(=O)CC2CCC(F)(F)CC2)[C@@H](O)[C@H]1O. The number of anilines is 1. The van der Waals surface area contributed by atoms with E-state index in [4.69, 9.17) is 15.2 Å². The van der Waals surface area contributed by atoms with Gasteiger partial charge in [-0.1, -0.05) is 0 Å². The van der Waals surface area contributed by atoms with Crippen molar-refractivity contribution in [1.29, 1.82) is 0 Å². The van der Waals surface area contributed by atoms with Crippen molar-refractivity contribution in [3.8, 4) is 0 Å². The van der Waals surface area contributed by atoms with E-state index in [1.165, 1.54) is 10.8 Å². The second kappa shape index (κ2) is 8.92. The van der Waals surface area contributed by atoms with Gasteiger partial charge in [0.2, 0.25) is 5.92 Å². The number of esters is 1. The van der Waals surface area contributed by atoms with Crippen LogP contribution in [0.2, 0.25) is 0 Å². The molecule has 1 saturated heterocycles. The van der Waals surface area contributed by atoms with Gasteiger partial charge in [0.15, 0.2) is 11.4 Å². The number of aliphatic hydroxyl groups is 2. The highest BCUT2D eigenvalue weighted by Crippen LogP contribution is 2.41. The number of hydrogen-bond donors (Lipinski definition) is 3. The lowest BCUT2D eigenvalue weighted by Gasteiger charge is -2.30. The van der Waals surface area contributed by atoms with Crippen LogP contribution in [0.1, 0.15) is 37.8 Å². The maximum absolute atomic E-state index is 13.3. The van der Waals surface area contributed by atoms with Gasteiger partial charge in [-0.05, 0) is 37.6 Å². The lowest BCUT2D eigenvalue weighted by Crippen LogP contribution is -2.44. The predicted octanol–water partition coefficient (Wildman–Crippen LogP) is 1.09. The van der Waals surface area contributed by atoms with Crippen LogP contribution in [0.5, 0.6) is 0 Å². The predicted molar refractivity (Wildman–Crippen MR) is 113 cm³/mol. The van der Waals surface area contributed by atoms with Crippen molar-refractivity contribution < 1.29 is 33.3 Å². The maximum Gasteiger partial charge on any atom is 0.306 e. The molecule has 12 heteroatoms. The summed E-state index contributed by atoms with van der Waals surface area (Å²) in [6, 6.07) is 3.29. The molecular formula is C21H27F2N5O5. The molecule has 2 fully saturated rings. The number of carbonyl (C=O) groups is 1. The van der Waals surface area contributed by atoms with E-state index in [0.717, 1.165) is 0 Å². The Hall–Kier alpha value is -2.70. The van der Waals surface area contributed by atoms with Crippen LogP contribution >= 0.6 is 0 Å². The van der Waals surface area contributed by atoms with Crippen LogP contribution in [0, 0.1) is 5.92 Å². The number of halogens is 2. The fourth-order valence-electron chi connectivity index (χ4n) is 4.66. The monoisotopic (exact) mass is 467 g/mol. The van der Waals surface area contributed by atoms with Crippen molar-refractivity contribution in [3.05, 3.63) is 24.2 Å². The Morgan fingerprint density at radius 3 is 2.79 bits per heavy atom. The molecule has 4 N–H and O–H groups in total. The van der Waals surface area contributed by atoms with Crippen molar-refractivity contribution in [2.45, 2.75) is 61.9 Å². The second-order valence-electron chi connectivity index (χ2n) is 8.71. The van der Waals surface area contributed by atoms with E-state index in [1.807, 2.05) is 0 Å². The minimum atomic E-state index is -2.67. The van der Waals surface area contributed by atoms with E-state index >= 15 is 0 Å². The largest absolute Gasteiger partial charge is 0.463 e. The molecule has 4 atom stereocenters. The lowest BCUT2D eigenvalue weighted by atomic mass is 9.85. The first-order valence-electron chi connectivity index (χ1n) is 10.8. The Morgan fingerprint density at radius 2 is 2.09 bits per heavy atom. The number of carbonyl (C=O) groups excluding carboxylic acids is 1. The third-order valence-corrected chi connectivity index (χ3v) is 6.51. The Bertz CT molecular complexity index is 1020. The summed E-state index contributed by atoms with van der Waals surface area (Å²) < 4.78 is 39.4. The Balaban J connectivity index is 1.46. The quantitative estimate of drug-likeness (QED) is 0.405. The minimum absolute atomic E-state index is 0.0142. The molecule has 1 aliphatic carbocycles. The molecule has 0 amide bonds. The third kappa shape index (κ3) is 4.42. The van der Waals surface area contributed by atoms with Crippen LogP contribution in [-0.2, 0) is 19.9 Å². The standard InChI is InChI=1S/C21H27F2N5O5/c1-25-10-21(15-3-2-13-19(24)26-11-27-28(13)15)18(31)17(30)14(33-21)9-32-16(29)8-12-4-6-20(22,23)7-5-12/h2-3,11-12,14,17-18,30-31H,1,4-10H2,(H2,24,26,27)/t14-,17-,18-,21+/m1/s1. The molecule has 3 heterocycles. The van der Waals surface area contributed by atoms with Gasteiger partial charge < -0.3 is 25.4 Å². The molecule has 0 radical (unpaired) electrons. The number of hydrogen-bond acceptors (Lipinski definition) is 9. The Kier molecular flexibility index (Phi) is 6.34. The van der Waals surface area contributed by atoms with Crippen LogP contribution in [0.3, 0.4) is 0 Å². The van der Waals surface area contributed by atoms with Gasteiger partial charge in [0.25, 0.3) is 0 Å². The van der Waals surface area contributed by atoms with Crippen molar-refractivity contribution >= 4 is 24.0 Å². The van der Waals surface area contributed by atoms with Crippen molar-refractivity contribution in [1.82, 2.24) is 14.6 Å². The number of nitrogen functional groups attached to an aromatic ring is 1. The number of fused-ring (bicyclic) bond motifs is 1. The summed E-state index contributed by atoms with van der Waals surface area (Å²) in [5, 5.41) is 25.7.